The van der Waals surface area contributed by atoms with E-state index in [0.717, 1.165) is 24.3 Å². The molecule has 2 aromatic carbocycles. The van der Waals surface area contributed by atoms with Gasteiger partial charge in [-0.25, -0.2) is 4.98 Å². The second kappa shape index (κ2) is 7.68. The first kappa shape index (κ1) is 16.8. The molecule has 0 aliphatic carbocycles. The Kier molecular flexibility index (Phi) is 4.95. The van der Waals surface area contributed by atoms with Gasteiger partial charge in [-0.1, -0.05) is 48.6 Å². The summed E-state index contributed by atoms with van der Waals surface area (Å²) in [5.74, 6) is 1.26. The summed E-state index contributed by atoms with van der Waals surface area (Å²) in [5.41, 5.74) is 2.51. The highest BCUT2D eigenvalue weighted by atomic mass is 32.1. The molecule has 0 amide bonds. The molecule has 0 atom stereocenters. The number of nitrogens with zero attached hydrogens (tertiary/aromatic N) is 2. The van der Waals surface area contributed by atoms with Crippen molar-refractivity contribution in [2.24, 2.45) is 0 Å². The summed E-state index contributed by atoms with van der Waals surface area (Å²) in [6, 6.07) is 19.7. The molecule has 0 bridgehead atoms. The molecule has 4 rings (SSSR count). The van der Waals surface area contributed by atoms with Crippen LogP contribution < -0.4 is 10.2 Å². The zero-order valence-corrected chi connectivity index (χ0v) is 15.0. The van der Waals surface area contributed by atoms with Crippen LogP contribution in [0.3, 0.4) is 0 Å². The summed E-state index contributed by atoms with van der Waals surface area (Å²) < 4.78 is 11.6. The predicted molar refractivity (Wildman–Crippen MR) is 107 cm³/mol. The van der Waals surface area contributed by atoms with Crippen LogP contribution in [-0.2, 0) is 4.74 Å². The number of ether oxygens (including phenoxy) is 1. The molecule has 3 aromatic rings. The van der Waals surface area contributed by atoms with Gasteiger partial charge in [0, 0.05) is 24.3 Å². The van der Waals surface area contributed by atoms with Gasteiger partial charge in [0.25, 0.3) is 0 Å². The fraction of sp³-hybridized carbons (Fsp3) is 0.200. The van der Waals surface area contributed by atoms with E-state index in [4.69, 9.17) is 26.4 Å². The van der Waals surface area contributed by atoms with E-state index in [0.29, 0.717) is 35.7 Å². The van der Waals surface area contributed by atoms with Crippen molar-refractivity contribution in [2.75, 3.05) is 36.5 Å². The van der Waals surface area contributed by atoms with Gasteiger partial charge in [-0.05, 0) is 24.3 Å². The van der Waals surface area contributed by atoms with Crippen LogP contribution >= 0.6 is 12.2 Å². The van der Waals surface area contributed by atoms with Crippen molar-refractivity contribution >= 4 is 28.8 Å². The number of morpholine rings is 1. The molecule has 0 saturated carbocycles. The topological polar surface area (TPSA) is 50.5 Å². The van der Waals surface area contributed by atoms with Crippen LogP contribution in [0.25, 0.3) is 11.5 Å². The van der Waals surface area contributed by atoms with Crippen LogP contribution in [0.5, 0.6) is 0 Å². The van der Waals surface area contributed by atoms with E-state index in [9.17, 15) is 0 Å². The zero-order valence-electron chi connectivity index (χ0n) is 14.2. The van der Waals surface area contributed by atoms with Crippen LogP contribution in [0.2, 0.25) is 0 Å². The number of anilines is 2. The van der Waals surface area contributed by atoms with Gasteiger partial charge in [-0.2, -0.15) is 0 Å². The Bertz CT molecular complexity index is 875. The number of rotatable bonds is 4. The van der Waals surface area contributed by atoms with E-state index in [2.05, 4.69) is 10.2 Å². The SMILES string of the molecule is S=C(Nc1ccccc1)c1nc(-c2ccccc2)oc1N1CCOCC1. The Morgan fingerprint density at radius 2 is 1.62 bits per heavy atom. The number of hydrogen-bond acceptors (Lipinski definition) is 5. The second-order valence-electron chi connectivity index (χ2n) is 5.96. The number of hydrogen-bond donors (Lipinski definition) is 1. The Morgan fingerprint density at radius 1 is 0.962 bits per heavy atom. The minimum atomic E-state index is 0.545. The maximum absolute atomic E-state index is 6.13. The minimum Gasteiger partial charge on any atom is -0.420 e. The molecule has 6 heteroatoms. The summed E-state index contributed by atoms with van der Waals surface area (Å²) >= 11 is 5.63. The monoisotopic (exact) mass is 365 g/mol. The summed E-state index contributed by atoms with van der Waals surface area (Å²) in [5, 5.41) is 3.25. The van der Waals surface area contributed by atoms with E-state index < -0.39 is 0 Å². The molecular weight excluding hydrogens is 346 g/mol. The smallest absolute Gasteiger partial charge is 0.229 e. The molecule has 1 N–H and O–H groups in total. The lowest BCUT2D eigenvalue weighted by Gasteiger charge is -2.26. The van der Waals surface area contributed by atoms with Gasteiger partial charge in [0.2, 0.25) is 11.8 Å². The highest BCUT2D eigenvalue weighted by Crippen LogP contribution is 2.30. The number of oxazole rings is 1. The Hall–Kier alpha value is -2.70. The van der Waals surface area contributed by atoms with Crippen molar-refractivity contribution in [3.05, 3.63) is 66.4 Å². The normalized spacial score (nSPS) is 14.2. The first-order chi connectivity index (χ1) is 12.8. The van der Waals surface area contributed by atoms with Gasteiger partial charge in [-0.3, -0.25) is 0 Å². The van der Waals surface area contributed by atoms with Crippen molar-refractivity contribution in [1.29, 1.82) is 0 Å². The third-order valence-corrected chi connectivity index (χ3v) is 4.47. The van der Waals surface area contributed by atoms with Crippen molar-refractivity contribution in [2.45, 2.75) is 0 Å². The highest BCUT2D eigenvalue weighted by molar-refractivity contribution is 7.81. The summed E-state index contributed by atoms with van der Waals surface area (Å²) in [6.07, 6.45) is 0. The summed E-state index contributed by atoms with van der Waals surface area (Å²) in [6.45, 7) is 2.84. The molecule has 1 aromatic heterocycles. The highest BCUT2D eigenvalue weighted by Gasteiger charge is 2.24. The molecule has 132 valence electrons. The summed E-state index contributed by atoms with van der Waals surface area (Å²) in [7, 11) is 0. The average molecular weight is 365 g/mol. The van der Waals surface area contributed by atoms with Gasteiger partial charge < -0.3 is 19.4 Å². The molecule has 1 saturated heterocycles. The van der Waals surface area contributed by atoms with Gasteiger partial charge in [0.1, 0.15) is 4.99 Å². The lowest BCUT2D eigenvalue weighted by atomic mass is 10.2. The van der Waals surface area contributed by atoms with E-state index in [1.807, 2.05) is 60.7 Å². The van der Waals surface area contributed by atoms with Gasteiger partial charge in [-0.15, -0.1) is 0 Å². The quantitative estimate of drug-likeness (QED) is 0.706. The Labute approximate surface area is 157 Å². The van der Waals surface area contributed by atoms with E-state index in [1.165, 1.54) is 0 Å². The lowest BCUT2D eigenvalue weighted by Crippen LogP contribution is -2.37. The van der Waals surface area contributed by atoms with E-state index in [-0.39, 0.29) is 0 Å². The number of aromatic nitrogens is 1. The number of thiocarbonyl (C=S) groups is 1. The molecule has 0 unspecified atom stereocenters. The van der Waals surface area contributed by atoms with Crippen LogP contribution in [0.15, 0.2) is 65.1 Å². The van der Waals surface area contributed by atoms with Gasteiger partial charge >= 0.3 is 0 Å². The predicted octanol–water partition coefficient (Wildman–Crippen LogP) is 3.97. The Balaban J connectivity index is 1.69. The zero-order chi connectivity index (χ0) is 17.8. The molecule has 1 fully saturated rings. The van der Waals surface area contributed by atoms with Crippen molar-refractivity contribution < 1.29 is 9.15 Å². The van der Waals surface area contributed by atoms with Gasteiger partial charge in [0.05, 0.1) is 13.2 Å². The van der Waals surface area contributed by atoms with Crippen molar-refractivity contribution in [3.63, 3.8) is 0 Å². The molecule has 5 nitrogen and oxygen atoms in total. The van der Waals surface area contributed by atoms with E-state index in [1.54, 1.807) is 0 Å². The largest absolute Gasteiger partial charge is 0.420 e. The maximum atomic E-state index is 6.13. The van der Waals surface area contributed by atoms with Crippen LogP contribution in [0.4, 0.5) is 11.6 Å². The molecule has 1 aliphatic rings. The second-order valence-corrected chi connectivity index (χ2v) is 6.37. The molecule has 1 aliphatic heterocycles. The molecule has 2 heterocycles. The maximum Gasteiger partial charge on any atom is 0.229 e. The lowest BCUT2D eigenvalue weighted by molar-refractivity contribution is 0.121. The standard InChI is InChI=1S/C20H19N3O2S/c26-19(21-16-9-5-2-6-10-16)17-20(23-11-13-24-14-12-23)25-18(22-17)15-7-3-1-4-8-15/h1-10H,11-14H2,(H,21,26). The molecule has 0 spiro atoms. The van der Waals surface area contributed by atoms with Crippen LogP contribution in [0.1, 0.15) is 5.69 Å². The van der Waals surface area contributed by atoms with Gasteiger partial charge in [0.15, 0.2) is 5.69 Å². The van der Waals surface area contributed by atoms with Crippen molar-refractivity contribution in [1.82, 2.24) is 4.98 Å². The molecule has 26 heavy (non-hydrogen) atoms. The molecular formula is C20H19N3O2S. The fourth-order valence-corrected chi connectivity index (χ4v) is 3.11. The van der Waals surface area contributed by atoms with E-state index >= 15 is 0 Å². The number of nitrogens with one attached hydrogen (secondary N) is 1. The van der Waals surface area contributed by atoms with Crippen molar-refractivity contribution in [3.8, 4) is 11.5 Å². The third-order valence-electron chi connectivity index (χ3n) is 4.18. The summed E-state index contributed by atoms with van der Waals surface area (Å²) in [4.78, 5) is 7.38. The minimum absolute atomic E-state index is 0.545. The number of para-hydroxylation sites is 1. The average Bonchev–Trinajstić information content (AvgIpc) is 3.16. The Morgan fingerprint density at radius 3 is 2.31 bits per heavy atom. The third kappa shape index (κ3) is 3.61. The first-order valence-corrected chi connectivity index (χ1v) is 8.97. The fourth-order valence-electron chi connectivity index (χ4n) is 2.86. The first-order valence-electron chi connectivity index (χ1n) is 8.56. The van der Waals surface area contributed by atoms with Crippen LogP contribution in [0, 0.1) is 0 Å². The van der Waals surface area contributed by atoms with Crippen LogP contribution in [-0.4, -0.2) is 36.3 Å². The molecule has 0 radical (unpaired) electrons. The number of benzene rings is 2.